The molecule has 0 radical (unpaired) electrons. The minimum absolute atomic E-state index is 0.567. The molecule has 0 unspecified atom stereocenters. The van der Waals surface area contributed by atoms with Gasteiger partial charge in [-0.1, -0.05) is 11.6 Å². The molecule has 2 heterocycles. The van der Waals surface area contributed by atoms with E-state index in [-0.39, 0.29) is 0 Å². The monoisotopic (exact) mass is 273 g/mol. The highest BCUT2D eigenvalue weighted by Gasteiger charge is 2.18. The molecule has 106 valence electrons. The van der Waals surface area contributed by atoms with E-state index in [1.807, 2.05) is 29.8 Å². The van der Waals surface area contributed by atoms with Gasteiger partial charge in [-0.15, -0.1) is 5.10 Å². The Bertz CT molecular complexity index is 589. The van der Waals surface area contributed by atoms with Crippen LogP contribution in [-0.4, -0.2) is 33.4 Å². The van der Waals surface area contributed by atoms with Crippen LogP contribution in [0, 0.1) is 12.8 Å². The molecule has 0 bridgehead atoms. The molecule has 2 aromatic rings. The quantitative estimate of drug-likeness (QED) is 0.860. The van der Waals surface area contributed by atoms with Gasteiger partial charge in [0.15, 0.2) is 5.82 Å². The molecule has 2 N–H and O–H groups in total. The van der Waals surface area contributed by atoms with E-state index in [4.69, 9.17) is 10.5 Å². The summed E-state index contributed by atoms with van der Waals surface area (Å²) >= 11 is 0. The lowest BCUT2D eigenvalue weighted by molar-refractivity contribution is 0.0601. The van der Waals surface area contributed by atoms with Crippen LogP contribution in [0.5, 0.6) is 0 Å². The molecule has 0 spiro atoms. The molecule has 1 aromatic heterocycles. The predicted molar refractivity (Wildman–Crippen MR) is 75.9 cm³/mol. The number of ether oxygens (including phenoxy) is 1. The van der Waals surface area contributed by atoms with Crippen molar-refractivity contribution >= 4 is 5.69 Å². The fourth-order valence-corrected chi connectivity index (χ4v) is 2.56. The van der Waals surface area contributed by atoms with Crippen LogP contribution >= 0.6 is 0 Å². The fraction of sp³-hybridized carbons (Fsp3) is 0.500. The smallest absolute Gasteiger partial charge is 0.184 e. The SMILES string of the molecule is Cc1ccc(N)c(-c2nnnn2CC2CCOCC2)c1. The molecule has 1 aliphatic rings. The standard InChI is InChI=1S/C14H19N5O/c1-10-2-3-13(15)12(8-10)14-16-17-18-19(14)9-11-4-6-20-7-5-11/h2-3,8,11H,4-7,9,15H2,1H3. The van der Waals surface area contributed by atoms with E-state index in [0.717, 1.165) is 49.6 Å². The fourth-order valence-electron chi connectivity index (χ4n) is 2.56. The zero-order valence-corrected chi connectivity index (χ0v) is 11.6. The van der Waals surface area contributed by atoms with Crippen LogP contribution in [0.2, 0.25) is 0 Å². The van der Waals surface area contributed by atoms with Crippen molar-refractivity contribution in [1.82, 2.24) is 20.2 Å². The normalized spacial score (nSPS) is 16.4. The maximum absolute atomic E-state index is 6.05. The highest BCUT2D eigenvalue weighted by molar-refractivity contribution is 5.71. The number of benzene rings is 1. The van der Waals surface area contributed by atoms with Crippen LogP contribution < -0.4 is 5.73 Å². The first-order valence-corrected chi connectivity index (χ1v) is 6.94. The Balaban J connectivity index is 1.87. The third-order valence-corrected chi connectivity index (χ3v) is 3.75. The molecule has 1 saturated heterocycles. The number of nitrogens with zero attached hydrogens (tertiary/aromatic N) is 4. The van der Waals surface area contributed by atoms with Crippen LogP contribution in [0.25, 0.3) is 11.4 Å². The second kappa shape index (κ2) is 5.58. The van der Waals surface area contributed by atoms with E-state index in [2.05, 4.69) is 15.5 Å². The van der Waals surface area contributed by atoms with E-state index in [1.165, 1.54) is 0 Å². The van der Waals surface area contributed by atoms with Gasteiger partial charge in [-0.05, 0) is 48.2 Å². The van der Waals surface area contributed by atoms with Crippen molar-refractivity contribution in [2.45, 2.75) is 26.3 Å². The molecule has 0 aliphatic carbocycles. The topological polar surface area (TPSA) is 78.9 Å². The molecule has 0 atom stereocenters. The average molecular weight is 273 g/mol. The Morgan fingerprint density at radius 1 is 1.35 bits per heavy atom. The first kappa shape index (κ1) is 13.1. The van der Waals surface area contributed by atoms with Gasteiger partial charge in [0.1, 0.15) is 0 Å². The molecule has 3 rings (SSSR count). The van der Waals surface area contributed by atoms with Gasteiger partial charge < -0.3 is 10.5 Å². The number of hydrogen-bond donors (Lipinski definition) is 1. The Morgan fingerprint density at radius 2 is 2.15 bits per heavy atom. The molecule has 1 aliphatic heterocycles. The molecule has 1 aromatic carbocycles. The number of anilines is 1. The maximum Gasteiger partial charge on any atom is 0.184 e. The summed E-state index contributed by atoms with van der Waals surface area (Å²) in [6, 6.07) is 5.92. The molecular formula is C14H19N5O. The number of nitrogen functional groups attached to an aromatic ring is 1. The van der Waals surface area contributed by atoms with E-state index in [9.17, 15) is 0 Å². The van der Waals surface area contributed by atoms with Crippen LogP contribution in [0.15, 0.2) is 18.2 Å². The highest BCUT2D eigenvalue weighted by Crippen LogP contribution is 2.26. The van der Waals surface area contributed by atoms with E-state index >= 15 is 0 Å². The summed E-state index contributed by atoms with van der Waals surface area (Å²) in [7, 11) is 0. The first-order valence-electron chi connectivity index (χ1n) is 6.94. The summed E-state index contributed by atoms with van der Waals surface area (Å²) in [4.78, 5) is 0. The summed E-state index contributed by atoms with van der Waals surface area (Å²) in [5, 5.41) is 12.1. The summed E-state index contributed by atoms with van der Waals surface area (Å²) in [6.07, 6.45) is 2.12. The molecule has 0 amide bonds. The van der Waals surface area contributed by atoms with E-state index in [1.54, 1.807) is 0 Å². The third-order valence-electron chi connectivity index (χ3n) is 3.75. The molecule has 20 heavy (non-hydrogen) atoms. The van der Waals surface area contributed by atoms with Crippen molar-refractivity contribution in [3.63, 3.8) is 0 Å². The van der Waals surface area contributed by atoms with Gasteiger partial charge in [0.25, 0.3) is 0 Å². The summed E-state index contributed by atoms with van der Waals surface area (Å²) in [5.41, 5.74) is 8.81. The Morgan fingerprint density at radius 3 is 2.95 bits per heavy atom. The second-order valence-electron chi connectivity index (χ2n) is 5.33. The van der Waals surface area contributed by atoms with E-state index in [0.29, 0.717) is 11.6 Å². The molecule has 6 nitrogen and oxygen atoms in total. The van der Waals surface area contributed by atoms with Crippen LogP contribution in [-0.2, 0) is 11.3 Å². The minimum atomic E-state index is 0.567. The minimum Gasteiger partial charge on any atom is -0.398 e. The zero-order valence-electron chi connectivity index (χ0n) is 11.6. The van der Waals surface area contributed by atoms with Crippen molar-refractivity contribution in [3.8, 4) is 11.4 Å². The summed E-state index contributed by atoms with van der Waals surface area (Å²) < 4.78 is 7.25. The predicted octanol–water partition coefficient (Wildman–Crippen LogP) is 1.66. The largest absolute Gasteiger partial charge is 0.398 e. The lowest BCUT2D eigenvalue weighted by atomic mass is 10.0. The molecule has 0 saturated carbocycles. The lowest BCUT2D eigenvalue weighted by Crippen LogP contribution is -2.21. The van der Waals surface area contributed by atoms with Crippen molar-refractivity contribution in [1.29, 1.82) is 0 Å². The number of nitrogens with two attached hydrogens (primary N) is 1. The van der Waals surface area contributed by atoms with Gasteiger partial charge in [0.2, 0.25) is 0 Å². The Kier molecular flexibility index (Phi) is 3.64. The lowest BCUT2D eigenvalue weighted by Gasteiger charge is -2.22. The third kappa shape index (κ3) is 2.65. The van der Waals surface area contributed by atoms with Gasteiger partial charge in [0, 0.05) is 31.0 Å². The van der Waals surface area contributed by atoms with Crippen molar-refractivity contribution in [3.05, 3.63) is 23.8 Å². The van der Waals surface area contributed by atoms with Gasteiger partial charge in [-0.3, -0.25) is 0 Å². The van der Waals surface area contributed by atoms with Crippen LogP contribution in [0.4, 0.5) is 5.69 Å². The number of tetrazole rings is 1. The van der Waals surface area contributed by atoms with Gasteiger partial charge in [-0.2, -0.15) is 0 Å². The number of aryl methyl sites for hydroxylation is 1. The number of rotatable bonds is 3. The second-order valence-corrected chi connectivity index (χ2v) is 5.33. The van der Waals surface area contributed by atoms with Crippen molar-refractivity contribution in [2.75, 3.05) is 18.9 Å². The van der Waals surface area contributed by atoms with Gasteiger partial charge in [-0.25, -0.2) is 4.68 Å². The van der Waals surface area contributed by atoms with Crippen LogP contribution in [0.1, 0.15) is 18.4 Å². The highest BCUT2D eigenvalue weighted by atomic mass is 16.5. The Labute approximate surface area is 117 Å². The van der Waals surface area contributed by atoms with Gasteiger partial charge >= 0.3 is 0 Å². The number of hydrogen-bond acceptors (Lipinski definition) is 5. The van der Waals surface area contributed by atoms with Gasteiger partial charge in [0.05, 0.1) is 0 Å². The molecular weight excluding hydrogens is 254 g/mol. The van der Waals surface area contributed by atoms with Crippen LogP contribution in [0.3, 0.4) is 0 Å². The van der Waals surface area contributed by atoms with Crippen molar-refractivity contribution < 1.29 is 4.74 Å². The van der Waals surface area contributed by atoms with Crippen molar-refractivity contribution in [2.24, 2.45) is 5.92 Å². The first-order chi connectivity index (χ1) is 9.74. The zero-order chi connectivity index (χ0) is 13.9. The summed E-state index contributed by atoms with van der Waals surface area (Å²) in [6.45, 7) is 4.51. The average Bonchev–Trinajstić information content (AvgIpc) is 2.91. The Hall–Kier alpha value is -1.95. The molecule has 1 fully saturated rings. The maximum atomic E-state index is 6.05. The summed E-state index contributed by atoms with van der Waals surface area (Å²) in [5.74, 6) is 1.31. The molecule has 6 heteroatoms. The number of aromatic nitrogens is 4. The van der Waals surface area contributed by atoms with E-state index < -0.39 is 0 Å².